The summed E-state index contributed by atoms with van der Waals surface area (Å²) in [5, 5.41) is 23.3. The van der Waals surface area contributed by atoms with Crippen LogP contribution in [-0.2, 0) is 14.3 Å². The van der Waals surface area contributed by atoms with E-state index in [1.807, 2.05) is 0 Å². The Morgan fingerprint density at radius 3 is 1.16 bits per heavy atom. The lowest BCUT2D eigenvalue weighted by Crippen LogP contribution is -2.45. The van der Waals surface area contributed by atoms with Crippen LogP contribution in [0.3, 0.4) is 0 Å². The molecule has 2 atom stereocenters. The summed E-state index contributed by atoms with van der Waals surface area (Å²) in [4.78, 5) is 24.5. The van der Waals surface area contributed by atoms with Gasteiger partial charge in [0.05, 0.1) is 25.4 Å². The standard InChI is InChI=1S/C55H107NO5/c1-3-5-7-9-11-13-15-17-18-19-20-21-22-24-27-31-35-39-43-47-53(58)52(51-57)56-54(59)48-44-40-36-32-28-25-26-30-34-38-42-46-50-61-55(60)49-45-41-37-33-29-23-16-14-12-10-8-6-4-2/h26,30,52-53,57-58H,3-25,27-29,31-51H2,1-2H3,(H,56,59)/b30-26-. The lowest BCUT2D eigenvalue weighted by molar-refractivity contribution is -0.143. The summed E-state index contributed by atoms with van der Waals surface area (Å²) in [6.45, 7) is 4.91. The highest BCUT2D eigenvalue weighted by atomic mass is 16.5. The maximum Gasteiger partial charge on any atom is 0.305 e. The fraction of sp³-hybridized carbons (Fsp3) is 0.927. The average molecular weight is 862 g/mol. The molecule has 0 heterocycles. The SMILES string of the molecule is CCCCCCCCCCCCCCCCCCCCCC(O)C(CO)NC(=O)CCCCCCC/C=C\CCCCCOC(=O)CCCCCCCCCCCCCCC. The normalized spacial score (nSPS) is 12.7. The number of amides is 1. The number of esters is 1. The lowest BCUT2D eigenvalue weighted by atomic mass is 10.0. The van der Waals surface area contributed by atoms with Crippen LogP contribution in [0.15, 0.2) is 12.2 Å². The maximum absolute atomic E-state index is 12.5. The molecule has 6 heteroatoms. The van der Waals surface area contributed by atoms with Gasteiger partial charge in [0, 0.05) is 12.8 Å². The molecule has 0 aromatic rings. The fourth-order valence-corrected chi connectivity index (χ4v) is 8.58. The first-order valence-corrected chi connectivity index (χ1v) is 27.4. The quantitative estimate of drug-likeness (QED) is 0.0322. The lowest BCUT2D eigenvalue weighted by Gasteiger charge is -2.22. The zero-order valence-corrected chi connectivity index (χ0v) is 41.2. The summed E-state index contributed by atoms with van der Waals surface area (Å²) in [5.41, 5.74) is 0. The number of aliphatic hydroxyl groups is 2. The van der Waals surface area contributed by atoms with Gasteiger partial charge in [-0.05, 0) is 57.8 Å². The third-order valence-electron chi connectivity index (χ3n) is 12.8. The maximum atomic E-state index is 12.5. The zero-order chi connectivity index (χ0) is 44.4. The van der Waals surface area contributed by atoms with Gasteiger partial charge in [-0.1, -0.05) is 244 Å². The molecule has 2 unspecified atom stereocenters. The van der Waals surface area contributed by atoms with Crippen molar-refractivity contribution in [1.82, 2.24) is 5.32 Å². The van der Waals surface area contributed by atoms with Crippen molar-refractivity contribution in [3.05, 3.63) is 12.2 Å². The zero-order valence-electron chi connectivity index (χ0n) is 41.2. The number of hydrogen-bond donors (Lipinski definition) is 3. The van der Waals surface area contributed by atoms with Crippen LogP contribution in [0, 0.1) is 0 Å². The summed E-state index contributed by atoms with van der Waals surface area (Å²) in [7, 11) is 0. The molecule has 0 aliphatic rings. The van der Waals surface area contributed by atoms with Gasteiger partial charge in [-0.3, -0.25) is 9.59 Å². The van der Waals surface area contributed by atoms with E-state index in [0.717, 1.165) is 77.0 Å². The van der Waals surface area contributed by atoms with Crippen molar-refractivity contribution in [2.45, 2.75) is 315 Å². The van der Waals surface area contributed by atoms with Gasteiger partial charge in [0.25, 0.3) is 0 Å². The van der Waals surface area contributed by atoms with Gasteiger partial charge in [0.15, 0.2) is 0 Å². The van der Waals surface area contributed by atoms with Crippen molar-refractivity contribution in [2.24, 2.45) is 0 Å². The Balaban J connectivity index is 3.49. The van der Waals surface area contributed by atoms with E-state index in [1.54, 1.807) is 0 Å². The molecular weight excluding hydrogens is 755 g/mol. The number of rotatable bonds is 51. The number of aliphatic hydroxyl groups excluding tert-OH is 2. The predicted molar refractivity (Wildman–Crippen MR) is 264 cm³/mol. The number of carbonyl (C=O) groups excluding carboxylic acids is 2. The molecular formula is C55H107NO5. The molecule has 0 saturated heterocycles. The number of allylic oxidation sites excluding steroid dienone is 2. The van der Waals surface area contributed by atoms with Crippen molar-refractivity contribution in [3.8, 4) is 0 Å². The van der Waals surface area contributed by atoms with Crippen LogP contribution in [-0.4, -0.2) is 47.4 Å². The molecule has 0 aliphatic carbocycles. The largest absolute Gasteiger partial charge is 0.466 e. The van der Waals surface area contributed by atoms with Crippen molar-refractivity contribution >= 4 is 11.9 Å². The molecule has 0 bridgehead atoms. The van der Waals surface area contributed by atoms with Crippen LogP contribution in [0.2, 0.25) is 0 Å². The highest BCUT2D eigenvalue weighted by molar-refractivity contribution is 5.76. The van der Waals surface area contributed by atoms with E-state index in [9.17, 15) is 19.8 Å². The van der Waals surface area contributed by atoms with Gasteiger partial charge in [0.2, 0.25) is 5.91 Å². The molecule has 0 fully saturated rings. The van der Waals surface area contributed by atoms with E-state index in [1.165, 1.54) is 193 Å². The number of ether oxygens (including phenoxy) is 1. The third kappa shape index (κ3) is 47.9. The van der Waals surface area contributed by atoms with E-state index in [0.29, 0.717) is 25.9 Å². The van der Waals surface area contributed by atoms with Gasteiger partial charge in [-0.2, -0.15) is 0 Å². The Morgan fingerprint density at radius 1 is 0.443 bits per heavy atom. The van der Waals surface area contributed by atoms with Crippen LogP contribution < -0.4 is 5.32 Å². The topological polar surface area (TPSA) is 95.9 Å². The summed E-state index contributed by atoms with van der Waals surface area (Å²) < 4.78 is 5.44. The predicted octanol–water partition coefficient (Wildman–Crippen LogP) is 16.5. The Hall–Kier alpha value is -1.40. The second-order valence-corrected chi connectivity index (χ2v) is 18.9. The number of carbonyl (C=O) groups is 2. The number of hydrogen-bond acceptors (Lipinski definition) is 5. The van der Waals surface area contributed by atoms with Gasteiger partial charge in [-0.25, -0.2) is 0 Å². The van der Waals surface area contributed by atoms with Crippen molar-refractivity contribution < 1.29 is 24.5 Å². The molecule has 0 saturated carbocycles. The van der Waals surface area contributed by atoms with Crippen LogP contribution in [0.25, 0.3) is 0 Å². The molecule has 362 valence electrons. The monoisotopic (exact) mass is 862 g/mol. The molecule has 6 nitrogen and oxygen atoms in total. The summed E-state index contributed by atoms with van der Waals surface area (Å²) in [6, 6.07) is -0.559. The first-order chi connectivity index (χ1) is 30.0. The van der Waals surface area contributed by atoms with E-state index in [4.69, 9.17) is 4.74 Å². The van der Waals surface area contributed by atoms with E-state index in [2.05, 4.69) is 31.3 Å². The molecule has 0 radical (unpaired) electrons. The highest BCUT2D eigenvalue weighted by Gasteiger charge is 2.20. The van der Waals surface area contributed by atoms with Crippen molar-refractivity contribution in [1.29, 1.82) is 0 Å². The Labute approximate surface area is 380 Å². The first kappa shape index (κ1) is 59.6. The fourth-order valence-electron chi connectivity index (χ4n) is 8.58. The summed E-state index contributed by atoms with van der Waals surface area (Å²) >= 11 is 0. The summed E-state index contributed by atoms with van der Waals surface area (Å²) in [6.07, 6.45) is 59.0. The van der Waals surface area contributed by atoms with E-state index >= 15 is 0 Å². The second kappa shape index (κ2) is 51.2. The van der Waals surface area contributed by atoms with Gasteiger partial charge in [0.1, 0.15) is 0 Å². The molecule has 0 aromatic heterocycles. The first-order valence-electron chi connectivity index (χ1n) is 27.4. The molecule has 61 heavy (non-hydrogen) atoms. The highest BCUT2D eigenvalue weighted by Crippen LogP contribution is 2.17. The van der Waals surface area contributed by atoms with Crippen LogP contribution in [0.5, 0.6) is 0 Å². The average Bonchev–Trinajstić information content (AvgIpc) is 3.26. The minimum absolute atomic E-state index is 0.0205. The smallest absolute Gasteiger partial charge is 0.305 e. The molecule has 0 aliphatic heterocycles. The third-order valence-corrected chi connectivity index (χ3v) is 12.8. The molecule has 1 amide bonds. The van der Waals surface area contributed by atoms with Gasteiger partial charge < -0.3 is 20.3 Å². The van der Waals surface area contributed by atoms with E-state index in [-0.39, 0.29) is 18.5 Å². The van der Waals surface area contributed by atoms with Crippen LogP contribution >= 0.6 is 0 Å². The van der Waals surface area contributed by atoms with Gasteiger partial charge in [-0.15, -0.1) is 0 Å². The van der Waals surface area contributed by atoms with Gasteiger partial charge >= 0.3 is 5.97 Å². The summed E-state index contributed by atoms with van der Waals surface area (Å²) in [5.74, 6) is -0.0785. The minimum Gasteiger partial charge on any atom is -0.466 e. The number of nitrogens with one attached hydrogen (secondary N) is 1. The second-order valence-electron chi connectivity index (χ2n) is 18.9. The molecule has 3 N–H and O–H groups in total. The Bertz CT molecular complexity index is 909. The van der Waals surface area contributed by atoms with Crippen LogP contribution in [0.1, 0.15) is 303 Å². The molecule has 0 aromatic carbocycles. The van der Waals surface area contributed by atoms with Crippen LogP contribution in [0.4, 0.5) is 0 Å². The van der Waals surface area contributed by atoms with Crippen molar-refractivity contribution in [2.75, 3.05) is 13.2 Å². The Morgan fingerprint density at radius 2 is 0.770 bits per heavy atom. The van der Waals surface area contributed by atoms with E-state index < -0.39 is 12.1 Å². The molecule has 0 rings (SSSR count). The van der Waals surface area contributed by atoms with Crippen molar-refractivity contribution in [3.63, 3.8) is 0 Å². The minimum atomic E-state index is -0.680. The number of unbranched alkanes of at least 4 members (excludes halogenated alkanes) is 38. The molecule has 0 spiro atoms. The Kier molecular flexibility index (Phi) is 50.1.